The van der Waals surface area contributed by atoms with Gasteiger partial charge < -0.3 is 5.73 Å². The van der Waals surface area contributed by atoms with E-state index in [2.05, 4.69) is 17.2 Å². The molecule has 1 nitrogen and oxygen atoms in total. The van der Waals surface area contributed by atoms with Crippen LogP contribution in [0, 0.1) is 17.2 Å². The molecule has 0 amide bonds. The van der Waals surface area contributed by atoms with Gasteiger partial charge in [-0.25, -0.2) is 0 Å². The summed E-state index contributed by atoms with van der Waals surface area (Å²) >= 11 is 1.53. The first kappa shape index (κ1) is 9.97. The highest BCUT2D eigenvalue weighted by Crippen LogP contribution is 2.06. The highest BCUT2D eigenvalue weighted by atomic mass is 32.1. The molecule has 1 heterocycles. The Kier molecular flexibility index (Phi) is 3.18. The summed E-state index contributed by atoms with van der Waals surface area (Å²) in [5, 5.41) is 3.01. The van der Waals surface area contributed by atoms with Crippen molar-refractivity contribution >= 4 is 11.3 Å². The zero-order chi connectivity index (χ0) is 10.5. The maximum Gasteiger partial charge on any atom is 0.0779 e. The Morgan fingerprint density at radius 1 is 1.13 bits per heavy atom. The van der Waals surface area contributed by atoms with Gasteiger partial charge >= 0.3 is 0 Å². The third-order valence-corrected chi connectivity index (χ3v) is 2.70. The van der Waals surface area contributed by atoms with Crippen molar-refractivity contribution in [2.45, 2.75) is 6.54 Å². The minimum absolute atomic E-state index is 0.577. The summed E-state index contributed by atoms with van der Waals surface area (Å²) in [6.45, 7) is 0.577. The Labute approximate surface area is 93.6 Å². The van der Waals surface area contributed by atoms with Crippen LogP contribution in [0.3, 0.4) is 0 Å². The molecule has 2 aromatic rings. The van der Waals surface area contributed by atoms with Gasteiger partial charge in [0.1, 0.15) is 0 Å². The molecule has 1 aromatic heterocycles. The molecule has 0 aliphatic rings. The Balaban J connectivity index is 2.17. The molecule has 0 unspecified atom stereocenters. The van der Waals surface area contributed by atoms with Gasteiger partial charge in [-0.15, -0.1) is 11.3 Å². The summed E-state index contributed by atoms with van der Waals surface area (Å²) in [4.78, 5) is 1.04. The number of hydrogen-bond donors (Lipinski definition) is 1. The molecule has 0 atom stereocenters. The van der Waals surface area contributed by atoms with Gasteiger partial charge in [0.05, 0.1) is 4.88 Å². The van der Waals surface area contributed by atoms with E-state index < -0.39 is 0 Å². The second-order valence-corrected chi connectivity index (χ2v) is 3.95. The number of nitrogens with two attached hydrogens (primary N) is 1. The lowest BCUT2D eigenvalue weighted by Gasteiger charge is -1.94. The van der Waals surface area contributed by atoms with Crippen molar-refractivity contribution in [3.05, 3.63) is 57.8 Å². The van der Waals surface area contributed by atoms with Crippen molar-refractivity contribution in [3.63, 3.8) is 0 Å². The second kappa shape index (κ2) is 4.79. The fourth-order valence-corrected chi connectivity index (χ4v) is 1.67. The number of thiophene rings is 1. The molecule has 0 spiro atoms. The van der Waals surface area contributed by atoms with E-state index in [1.54, 1.807) is 0 Å². The molecule has 1 aromatic carbocycles. The van der Waals surface area contributed by atoms with Crippen molar-refractivity contribution in [2.24, 2.45) is 5.73 Å². The summed E-state index contributed by atoms with van der Waals surface area (Å²) in [5.74, 6) is 6.18. The lowest BCUT2D eigenvalue weighted by atomic mass is 10.1. The van der Waals surface area contributed by atoms with Gasteiger partial charge in [0.25, 0.3) is 0 Å². The summed E-state index contributed by atoms with van der Waals surface area (Å²) in [6.07, 6.45) is 0. The highest BCUT2D eigenvalue weighted by molar-refractivity contribution is 7.10. The first-order valence-corrected chi connectivity index (χ1v) is 5.47. The van der Waals surface area contributed by atoms with Crippen LogP contribution in [0.1, 0.15) is 16.0 Å². The molecule has 0 saturated carbocycles. The molecule has 0 bridgehead atoms. The van der Waals surface area contributed by atoms with Crippen molar-refractivity contribution in [1.29, 1.82) is 0 Å². The fraction of sp³-hybridized carbons (Fsp3) is 0.0769. The van der Waals surface area contributed by atoms with Crippen LogP contribution in [0.15, 0.2) is 36.4 Å². The normalized spacial score (nSPS) is 9.40. The summed E-state index contributed by atoms with van der Waals surface area (Å²) in [5.41, 5.74) is 7.66. The molecule has 0 fully saturated rings. The van der Waals surface area contributed by atoms with E-state index in [0.717, 1.165) is 16.0 Å². The fourth-order valence-electron chi connectivity index (χ4n) is 1.17. The van der Waals surface area contributed by atoms with Gasteiger partial charge in [-0.05, 0) is 29.8 Å². The topological polar surface area (TPSA) is 26.0 Å². The first-order valence-electron chi connectivity index (χ1n) is 4.65. The maximum absolute atomic E-state index is 5.51. The molecule has 73 valence electrons. The minimum atomic E-state index is 0.577. The van der Waals surface area contributed by atoms with E-state index in [4.69, 9.17) is 5.73 Å². The number of benzene rings is 1. The van der Waals surface area contributed by atoms with Crippen LogP contribution in [0.4, 0.5) is 0 Å². The van der Waals surface area contributed by atoms with E-state index in [9.17, 15) is 0 Å². The van der Waals surface area contributed by atoms with Gasteiger partial charge in [-0.3, -0.25) is 0 Å². The number of hydrogen-bond acceptors (Lipinski definition) is 2. The third kappa shape index (κ3) is 2.69. The Morgan fingerprint density at radius 2 is 1.93 bits per heavy atom. The first-order chi connectivity index (χ1) is 7.38. The molecule has 1 radical (unpaired) electrons. The highest BCUT2D eigenvalue weighted by Gasteiger charge is 1.89. The zero-order valence-corrected chi connectivity index (χ0v) is 8.97. The van der Waals surface area contributed by atoms with E-state index >= 15 is 0 Å². The average molecular weight is 212 g/mol. The van der Waals surface area contributed by atoms with Crippen molar-refractivity contribution in [2.75, 3.05) is 0 Å². The van der Waals surface area contributed by atoms with E-state index in [1.165, 1.54) is 11.3 Å². The maximum atomic E-state index is 5.51. The van der Waals surface area contributed by atoms with Crippen molar-refractivity contribution in [3.8, 4) is 11.8 Å². The van der Waals surface area contributed by atoms with Crippen LogP contribution in [0.5, 0.6) is 0 Å². The van der Waals surface area contributed by atoms with Crippen LogP contribution in [-0.4, -0.2) is 0 Å². The molecular formula is C13H10NS. The average Bonchev–Trinajstić information content (AvgIpc) is 2.80. The quantitative estimate of drug-likeness (QED) is 0.722. The Bertz CT molecular complexity index is 471. The molecule has 0 aliphatic carbocycles. The van der Waals surface area contributed by atoms with Crippen LogP contribution in [0.25, 0.3) is 0 Å². The molecule has 0 saturated heterocycles. The molecule has 15 heavy (non-hydrogen) atoms. The standard InChI is InChI=1S/C13H10NS/c14-10-12-5-3-11(4-6-12)7-8-13-2-1-9-15-13/h1-6H,10,14H2. The molecule has 0 aliphatic heterocycles. The molecule has 2 N–H and O–H groups in total. The summed E-state index contributed by atoms with van der Waals surface area (Å²) in [6, 6.07) is 11.8. The Hall–Kier alpha value is -1.56. The van der Waals surface area contributed by atoms with Crippen LogP contribution in [-0.2, 0) is 6.54 Å². The van der Waals surface area contributed by atoms with Crippen LogP contribution >= 0.6 is 11.3 Å². The smallest absolute Gasteiger partial charge is 0.0779 e. The predicted octanol–water partition coefficient (Wildman–Crippen LogP) is 2.41. The SMILES string of the molecule is NCc1ccc(C#Cc2cc[c]s2)cc1. The lowest BCUT2D eigenvalue weighted by Crippen LogP contribution is -1.95. The Morgan fingerprint density at radius 3 is 2.53 bits per heavy atom. The van der Waals surface area contributed by atoms with Gasteiger partial charge in [-0.2, -0.15) is 0 Å². The van der Waals surface area contributed by atoms with E-state index in [0.29, 0.717) is 6.54 Å². The van der Waals surface area contributed by atoms with Gasteiger partial charge in [0.15, 0.2) is 0 Å². The van der Waals surface area contributed by atoms with Crippen molar-refractivity contribution in [1.82, 2.24) is 0 Å². The van der Waals surface area contributed by atoms with Crippen LogP contribution in [0.2, 0.25) is 0 Å². The zero-order valence-electron chi connectivity index (χ0n) is 8.16. The summed E-state index contributed by atoms with van der Waals surface area (Å²) in [7, 11) is 0. The van der Waals surface area contributed by atoms with Crippen LogP contribution < -0.4 is 5.73 Å². The second-order valence-electron chi connectivity index (χ2n) is 3.07. The van der Waals surface area contributed by atoms with Gasteiger partial charge in [0, 0.05) is 17.5 Å². The van der Waals surface area contributed by atoms with E-state index in [-0.39, 0.29) is 0 Å². The van der Waals surface area contributed by atoms with Crippen molar-refractivity contribution < 1.29 is 0 Å². The largest absolute Gasteiger partial charge is 0.326 e. The third-order valence-electron chi connectivity index (χ3n) is 1.99. The number of rotatable bonds is 1. The van der Waals surface area contributed by atoms with Gasteiger partial charge in [0.2, 0.25) is 0 Å². The molecule has 2 rings (SSSR count). The van der Waals surface area contributed by atoms with E-state index in [1.807, 2.05) is 36.4 Å². The van der Waals surface area contributed by atoms with Gasteiger partial charge in [-0.1, -0.05) is 24.0 Å². The molecule has 2 heteroatoms. The minimum Gasteiger partial charge on any atom is -0.326 e. The predicted molar refractivity (Wildman–Crippen MR) is 63.5 cm³/mol. The lowest BCUT2D eigenvalue weighted by molar-refractivity contribution is 1.07. The molecular weight excluding hydrogens is 202 g/mol. The monoisotopic (exact) mass is 212 g/mol. The summed E-state index contributed by atoms with van der Waals surface area (Å²) < 4.78 is 0.